The van der Waals surface area contributed by atoms with Gasteiger partial charge in [-0.15, -0.1) is 0 Å². The normalized spacial score (nSPS) is 15.0. The second-order valence-corrected chi connectivity index (χ2v) is 8.51. The van der Waals surface area contributed by atoms with E-state index in [2.05, 4.69) is 37.6 Å². The number of urea groups is 1. The van der Waals surface area contributed by atoms with Gasteiger partial charge in [-0.25, -0.2) is 9.78 Å². The van der Waals surface area contributed by atoms with Crippen LogP contribution in [-0.4, -0.2) is 27.8 Å². The van der Waals surface area contributed by atoms with Crippen LogP contribution in [0.15, 0.2) is 47.8 Å². The van der Waals surface area contributed by atoms with Crippen molar-refractivity contribution in [3.05, 3.63) is 53.9 Å². The molecule has 0 unspecified atom stereocenters. The minimum Gasteiger partial charge on any atom is -0.373 e. The molecule has 0 aliphatic heterocycles. The van der Waals surface area contributed by atoms with Gasteiger partial charge in [-0.1, -0.05) is 12.1 Å². The number of benzene rings is 1. The summed E-state index contributed by atoms with van der Waals surface area (Å²) in [5.41, 5.74) is 5.46. The topological polar surface area (TPSA) is 83.9 Å². The Morgan fingerprint density at radius 1 is 1.20 bits per heavy atom. The molecule has 8 heteroatoms. The van der Waals surface area contributed by atoms with Crippen molar-refractivity contribution in [2.75, 3.05) is 17.7 Å². The van der Waals surface area contributed by atoms with E-state index in [9.17, 15) is 4.79 Å². The van der Waals surface area contributed by atoms with E-state index < -0.39 is 0 Å². The molecule has 7 nitrogen and oxygen atoms in total. The smallest absolute Gasteiger partial charge is 0.329 e. The molecule has 30 heavy (non-hydrogen) atoms. The van der Waals surface area contributed by atoms with Gasteiger partial charge in [0.15, 0.2) is 0 Å². The minimum atomic E-state index is -0.245. The van der Waals surface area contributed by atoms with Gasteiger partial charge in [0.1, 0.15) is 10.8 Å². The van der Waals surface area contributed by atoms with Gasteiger partial charge in [0.25, 0.3) is 0 Å². The van der Waals surface area contributed by atoms with Crippen molar-refractivity contribution in [1.29, 1.82) is 0 Å². The van der Waals surface area contributed by atoms with Crippen LogP contribution in [-0.2, 0) is 12.8 Å². The van der Waals surface area contributed by atoms with E-state index >= 15 is 0 Å². The zero-order chi connectivity index (χ0) is 20.5. The number of anilines is 2. The molecule has 0 bridgehead atoms. The maximum absolute atomic E-state index is 12.7. The Morgan fingerprint density at radius 3 is 2.93 bits per heavy atom. The highest BCUT2D eigenvalue weighted by Gasteiger charge is 2.24. The molecule has 5 rings (SSSR count). The molecule has 0 spiro atoms. The Kier molecular flexibility index (Phi) is 5.08. The molecule has 154 valence electrons. The average Bonchev–Trinajstić information content (AvgIpc) is 3.31. The summed E-state index contributed by atoms with van der Waals surface area (Å²) in [6, 6.07) is 10.5. The van der Waals surface area contributed by atoms with Gasteiger partial charge in [-0.05, 0) is 67.0 Å². The van der Waals surface area contributed by atoms with Crippen LogP contribution in [0, 0.1) is 0 Å². The van der Waals surface area contributed by atoms with Crippen LogP contribution in [0.5, 0.6) is 0 Å². The Hall–Kier alpha value is -3.00. The fraction of sp³-hybridized carbons (Fsp3) is 0.318. The standard InChI is InChI=1S/C22H24N6OS/c1-23-19-13-15(9-11-24-19)18-8-5-14-3-2-4-17(14)21(18)25-22(29)27-30-20-10-12-28(26-20)16-6-7-16/h5,8-13,16H,2-4,6-7H2,1H3,(H,23,24)(H2,25,27,29). The minimum absolute atomic E-state index is 0.245. The van der Waals surface area contributed by atoms with E-state index in [0.29, 0.717) is 6.04 Å². The number of carbonyl (C=O) groups excluding carboxylic acids is 1. The molecule has 2 amide bonds. The lowest BCUT2D eigenvalue weighted by Gasteiger charge is -2.16. The third kappa shape index (κ3) is 3.87. The third-order valence-corrected chi connectivity index (χ3v) is 6.32. The third-order valence-electron chi connectivity index (χ3n) is 5.60. The quantitative estimate of drug-likeness (QED) is 0.506. The number of hydrogen-bond donors (Lipinski definition) is 3. The van der Waals surface area contributed by atoms with E-state index in [1.54, 1.807) is 6.20 Å². The van der Waals surface area contributed by atoms with E-state index in [0.717, 1.165) is 46.9 Å². The van der Waals surface area contributed by atoms with Crippen molar-refractivity contribution in [3.63, 3.8) is 0 Å². The molecular weight excluding hydrogens is 396 g/mol. The van der Waals surface area contributed by atoms with Crippen LogP contribution in [0.1, 0.15) is 36.4 Å². The van der Waals surface area contributed by atoms with Gasteiger partial charge in [0, 0.05) is 37.0 Å². The first-order valence-electron chi connectivity index (χ1n) is 10.3. The van der Waals surface area contributed by atoms with Gasteiger partial charge >= 0.3 is 6.03 Å². The van der Waals surface area contributed by atoms with E-state index in [1.807, 2.05) is 36.1 Å². The molecule has 1 fully saturated rings. The summed E-state index contributed by atoms with van der Waals surface area (Å²) in [6.07, 6.45) is 9.27. The van der Waals surface area contributed by atoms with Crippen molar-refractivity contribution in [1.82, 2.24) is 19.5 Å². The van der Waals surface area contributed by atoms with Crippen LogP contribution in [0.4, 0.5) is 16.3 Å². The molecule has 0 saturated heterocycles. The monoisotopic (exact) mass is 420 g/mol. The summed E-state index contributed by atoms with van der Waals surface area (Å²) in [5, 5.41) is 11.5. The van der Waals surface area contributed by atoms with Gasteiger partial charge in [-0.2, -0.15) is 5.10 Å². The maximum atomic E-state index is 12.7. The Balaban J connectivity index is 1.36. The van der Waals surface area contributed by atoms with Crippen LogP contribution >= 0.6 is 11.9 Å². The number of carbonyl (C=O) groups is 1. The lowest BCUT2D eigenvalue weighted by atomic mass is 9.98. The van der Waals surface area contributed by atoms with Crippen LogP contribution < -0.4 is 15.4 Å². The molecule has 0 atom stereocenters. The van der Waals surface area contributed by atoms with E-state index in [1.165, 1.54) is 35.9 Å². The second-order valence-electron chi connectivity index (χ2n) is 7.68. The Labute approximate surface area is 179 Å². The Morgan fingerprint density at radius 2 is 2.10 bits per heavy atom. The predicted octanol–water partition coefficient (Wildman–Crippen LogP) is 4.64. The number of aryl methyl sites for hydroxylation is 1. The summed E-state index contributed by atoms with van der Waals surface area (Å²) in [6.45, 7) is 0. The predicted molar refractivity (Wildman–Crippen MR) is 120 cm³/mol. The molecule has 2 aliphatic rings. The Bertz CT molecular complexity index is 1090. The number of nitrogens with zero attached hydrogens (tertiary/aromatic N) is 3. The molecule has 1 aromatic carbocycles. The highest BCUT2D eigenvalue weighted by atomic mass is 32.2. The molecule has 0 radical (unpaired) electrons. The van der Waals surface area contributed by atoms with Gasteiger partial charge in [-0.3, -0.25) is 9.40 Å². The highest BCUT2D eigenvalue weighted by molar-refractivity contribution is 7.97. The first-order valence-corrected chi connectivity index (χ1v) is 11.1. The maximum Gasteiger partial charge on any atom is 0.329 e. The number of hydrogen-bond acceptors (Lipinski definition) is 5. The van der Waals surface area contributed by atoms with Crippen LogP contribution in [0.3, 0.4) is 0 Å². The zero-order valence-electron chi connectivity index (χ0n) is 16.8. The molecule has 2 aromatic heterocycles. The summed E-state index contributed by atoms with van der Waals surface area (Å²) in [4.78, 5) is 17.0. The lowest BCUT2D eigenvalue weighted by molar-refractivity contribution is 0.257. The lowest BCUT2D eigenvalue weighted by Crippen LogP contribution is -2.24. The van der Waals surface area contributed by atoms with Gasteiger partial charge in [0.2, 0.25) is 0 Å². The van der Waals surface area contributed by atoms with Crippen molar-refractivity contribution in [3.8, 4) is 11.1 Å². The number of amides is 2. The van der Waals surface area contributed by atoms with Crippen LogP contribution in [0.2, 0.25) is 0 Å². The second kappa shape index (κ2) is 8.02. The first kappa shape index (κ1) is 19.0. The van der Waals surface area contributed by atoms with Crippen molar-refractivity contribution in [2.24, 2.45) is 0 Å². The summed E-state index contributed by atoms with van der Waals surface area (Å²) in [7, 11) is 1.85. The molecule has 2 aliphatic carbocycles. The van der Waals surface area contributed by atoms with Crippen molar-refractivity contribution < 1.29 is 4.79 Å². The first-order chi connectivity index (χ1) is 14.7. The van der Waals surface area contributed by atoms with Crippen LogP contribution in [0.25, 0.3) is 11.1 Å². The largest absolute Gasteiger partial charge is 0.373 e. The highest BCUT2D eigenvalue weighted by Crippen LogP contribution is 2.38. The summed E-state index contributed by atoms with van der Waals surface area (Å²) >= 11 is 1.24. The zero-order valence-corrected chi connectivity index (χ0v) is 17.6. The fourth-order valence-corrected chi connectivity index (χ4v) is 4.45. The SMILES string of the molecule is CNc1cc(-c2ccc3c(c2NC(=O)NSc2ccn(C4CC4)n2)CCC3)ccn1. The number of fused-ring (bicyclic) bond motifs is 1. The molecule has 2 heterocycles. The molecule has 1 saturated carbocycles. The molecular formula is C22H24N6OS. The number of nitrogens with one attached hydrogen (secondary N) is 3. The average molecular weight is 421 g/mol. The number of aromatic nitrogens is 3. The summed E-state index contributed by atoms with van der Waals surface area (Å²) in [5.74, 6) is 0.796. The number of rotatable bonds is 6. The van der Waals surface area contributed by atoms with Crippen molar-refractivity contribution >= 4 is 29.5 Å². The van der Waals surface area contributed by atoms with Gasteiger partial charge < -0.3 is 10.6 Å². The van der Waals surface area contributed by atoms with Gasteiger partial charge in [0.05, 0.1) is 11.7 Å². The molecule has 3 aromatic rings. The number of pyridine rings is 1. The fourth-order valence-electron chi connectivity index (χ4n) is 3.94. The van der Waals surface area contributed by atoms with E-state index in [4.69, 9.17) is 0 Å². The van der Waals surface area contributed by atoms with E-state index in [-0.39, 0.29) is 6.03 Å². The summed E-state index contributed by atoms with van der Waals surface area (Å²) < 4.78 is 4.86. The molecule has 3 N–H and O–H groups in total. The van der Waals surface area contributed by atoms with Crippen molar-refractivity contribution in [2.45, 2.75) is 43.2 Å².